The minimum atomic E-state index is -0.233. The number of carbonyl (C=O) groups is 1. The molecule has 1 amide bonds. The van der Waals surface area contributed by atoms with E-state index in [1.54, 1.807) is 6.20 Å². The molecule has 1 unspecified atom stereocenters. The third-order valence-electron chi connectivity index (χ3n) is 5.67. The Morgan fingerprint density at radius 3 is 2.73 bits per heavy atom. The molecule has 3 heterocycles. The van der Waals surface area contributed by atoms with Crippen LogP contribution in [0, 0.1) is 0 Å². The van der Waals surface area contributed by atoms with Crippen LogP contribution < -0.4 is 5.32 Å². The van der Waals surface area contributed by atoms with Crippen LogP contribution in [0.4, 0.5) is 0 Å². The van der Waals surface area contributed by atoms with Gasteiger partial charge in [-0.15, -0.1) is 0 Å². The molecule has 1 N–H and O–H groups in total. The van der Waals surface area contributed by atoms with E-state index >= 15 is 0 Å². The third kappa shape index (κ3) is 4.99. The van der Waals surface area contributed by atoms with Crippen LogP contribution in [-0.4, -0.2) is 77.2 Å². The molecular formula is C22H30N6O2. The van der Waals surface area contributed by atoms with Gasteiger partial charge in [-0.1, -0.05) is 24.3 Å². The summed E-state index contributed by atoms with van der Waals surface area (Å²) in [4.78, 5) is 25.2. The zero-order valence-corrected chi connectivity index (χ0v) is 17.5. The number of carbonyl (C=O) groups excluding carboxylic acids is 1. The van der Waals surface area contributed by atoms with E-state index in [0.717, 1.165) is 38.4 Å². The topological polar surface area (TPSA) is 75.0 Å². The highest BCUT2D eigenvalue weighted by Crippen LogP contribution is 2.16. The summed E-state index contributed by atoms with van der Waals surface area (Å²) in [6.07, 6.45) is 7.19. The highest BCUT2D eigenvalue weighted by molar-refractivity contribution is 5.82. The van der Waals surface area contributed by atoms with Gasteiger partial charge in [0.05, 0.1) is 6.33 Å². The lowest BCUT2D eigenvalue weighted by Crippen LogP contribution is -2.55. The second-order valence-corrected chi connectivity index (χ2v) is 7.77. The number of amides is 1. The number of ether oxygens (including phenoxy) is 1. The number of hydrogen-bond acceptors (Lipinski definition) is 4. The highest BCUT2D eigenvalue weighted by atomic mass is 16.5. The minimum absolute atomic E-state index is 0.143. The maximum absolute atomic E-state index is 12.5. The molecule has 0 radical (unpaired) electrons. The van der Waals surface area contributed by atoms with Gasteiger partial charge in [-0.05, 0) is 24.0 Å². The second kappa shape index (κ2) is 9.75. The maximum Gasteiger partial charge on any atom is 0.251 e. The Bertz CT molecular complexity index is 852. The molecule has 1 atom stereocenters. The van der Waals surface area contributed by atoms with E-state index < -0.39 is 0 Å². The summed E-state index contributed by atoms with van der Waals surface area (Å²) < 4.78 is 7.61. The van der Waals surface area contributed by atoms with E-state index in [1.807, 2.05) is 24.5 Å². The quantitative estimate of drug-likeness (QED) is 0.595. The fourth-order valence-electron chi connectivity index (χ4n) is 4.06. The van der Waals surface area contributed by atoms with Crippen molar-refractivity contribution in [3.05, 3.63) is 54.1 Å². The molecular weight excluding hydrogens is 380 g/mol. The summed E-state index contributed by atoms with van der Waals surface area (Å²) in [5, 5.41) is 3.47. The predicted molar refractivity (Wildman–Crippen MR) is 115 cm³/mol. The molecule has 0 saturated carbocycles. The van der Waals surface area contributed by atoms with Crippen LogP contribution in [0.3, 0.4) is 0 Å². The number of nitrogens with one attached hydrogen (secondary N) is 1. The van der Waals surface area contributed by atoms with Gasteiger partial charge in [-0.25, -0.2) is 4.98 Å². The number of benzene rings is 1. The van der Waals surface area contributed by atoms with Crippen LogP contribution in [0.5, 0.6) is 0 Å². The van der Waals surface area contributed by atoms with Crippen molar-refractivity contribution in [2.45, 2.75) is 32.0 Å². The molecule has 2 fully saturated rings. The first-order chi connectivity index (χ1) is 14.7. The zero-order valence-electron chi connectivity index (χ0n) is 17.5. The van der Waals surface area contributed by atoms with Gasteiger partial charge in [0.1, 0.15) is 6.10 Å². The van der Waals surface area contributed by atoms with Crippen LogP contribution in [0.25, 0.3) is 0 Å². The van der Waals surface area contributed by atoms with Crippen LogP contribution in [0.1, 0.15) is 24.0 Å². The van der Waals surface area contributed by atoms with Crippen molar-refractivity contribution in [2.75, 3.05) is 39.8 Å². The summed E-state index contributed by atoms with van der Waals surface area (Å²) in [6.45, 7) is 5.19. The molecule has 2 aliphatic rings. The Balaban J connectivity index is 1.28. The first-order valence-electron chi connectivity index (χ1n) is 10.6. The summed E-state index contributed by atoms with van der Waals surface area (Å²) >= 11 is 0. The lowest BCUT2D eigenvalue weighted by Gasteiger charge is -2.37. The highest BCUT2D eigenvalue weighted by Gasteiger charge is 2.30. The van der Waals surface area contributed by atoms with Crippen molar-refractivity contribution in [3.8, 4) is 0 Å². The predicted octanol–water partition coefficient (Wildman–Crippen LogP) is 1.33. The van der Waals surface area contributed by atoms with Gasteiger partial charge in [0.25, 0.3) is 5.91 Å². The monoisotopic (exact) mass is 410 g/mol. The Morgan fingerprint density at radius 2 is 2.03 bits per heavy atom. The molecule has 0 aliphatic carbocycles. The average molecular weight is 411 g/mol. The van der Waals surface area contributed by atoms with Crippen molar-refractivity contribution in [2.24, 2.45) is 4.99 Å². The fourth-order valence-corrected chi connectivity index (χ4v) is 4.06. The van der Waals surface area contributed by atoms with E-state index in [2.05, 4.69) is 49.0 Å². The van der Waals surface area contributed by atoms with Crippen molar-refractivity contribution in [1.82, 2.24) is 24.7 Å². The van der Waals surface area contributed by atoms with E-state index in [4.69, 9.17) is 4.74 Å². The molecule has 1 aromatic heterocycles. The van der Waals surface area contributed by atoms with Crippen molar-refractivity contribution in [3.63, 3.8) is 0 Å². The lowest BCUT2D eigenvalue weighted by atomic mass is 10.1. The lowest BCUT2D eigenvalue weighted by molar-refractivity contribution is -0.142. The zero-order chi connectivity index (χ0) is 20.8. The van der Waals surface area contributed by atoms with Crippen LogP contribution >= 0.6 is 0 Å². The number of hydrogen-bond donors (Lipinski definition) is 1. The average Bonchev–Trinajstić information content (AvgIpc) is 3.49. The molecule has 0 bridgehead atoms. The van der Waals surface area contributed by atoms with Gasteiger partial charge in [0.2, 0.25) is 0 Å². The van der Waals surface area contributed by atoms with E-state index in [0.29, 0.717) is 26.2 Å². The number of aliphatic imine (C=N–C) groups is 1. The van der Waals surface area contributed by atoms with Crippen LogP contribution in [0.15, 0.2) is 48.0 Å². The van der Waals surface area contributed by atoms with E-state index in [1.165, 1.54) is 11.1 Å². The van der Waals surface area contributed by atoms with Gasteiger partial charge < -0.3 is 24.4 Å². The molecule has 2 saturated heterocycles. The van der Waals surface area contributed by atoms with Crippen LogP contribution in [0.2, 0.25) is 0 Å². The molecule has 2 aromatic rings. The van der Waals surface area contributed by atoms with Crippen molar-refractivity contribution >= 4 is 11.9 Å². The number of piperazine rings is 1. The molecule has 8 heteroatoms. The fraction of sp³-hybridized carbons (Fsp3) is 0.500. The van der Waals surface area contributed by atoms with Crippen molar-refractivity contribution in [1.29, 1.82) is 0 Å². The molecule has 160 valence electrons. The summed E-state index contributed by atoms with van der Waals surface area (Å²) in [6, 6.07) is 8.54. The molecule has 4 rings (SSSR count). The van der Waals surface area contributed by atoms with Crippen LogP contribution in [-0.2, 0) is 22.6 Å². The first-order valence-corrected chi connectivity index (χ1v) is 10.6. The molecule has 0 spiro atoms. The van der Waals surface area contributed by atoms with Gasteiger partial charge in [-0.2, -0.15) is 0 Å². The maximum atomic E-state index is 12.5. The summed E-state index contributed by atoms with van der Waals surface area (Å²) in [5.74, 6) is 1.02. The van der Waals surface area contributed by atoms with Gasteiger partial charge in [0.15, 0.2) is 5.96 Å². The molecule has 2 aliphatic heterocycles. The number of imidazole rings is 1. The van der Waals surface area contributed by atoms with E-state index in [-0.39, 0.29) is 12.0 Å². The van der Waals surface area contributed by atoms with E-state index in [9.17, 15) is 4.79 Å². The summed E-state index contributed by atoms with van der Waals surface area (Å²) in [5.41, 5.74) is 2.45. The minimum Gasteiger partial charge on any atom is -0.368 e. The second-order valence-electron chi connectivity index (χ2n) is 7.77. The standard InChI is InChI=1S/C22H30N6O2/c1-23-22(28-11-9-27(10-12-28)21(29)20-6-3-13-30-20)25-15-18-4-2-5-19(14-18)16-26-8-7-24-17-26/h2,4-5,7-8,14,17,20H,3,6,9-13,15-16H2,1H3,(H,23,25). The SMILES string of the molecule is CN=C(NCc1cccc(Cn2ccnc2)c1)N1CCN(C(=O)C2CCCO2)CC1. The third-order valence-corrected chi connectivity index (χ3v) is 5.67. The molecule has 8 nitrogen and oxygen atoms in total. The Morgan fingerprint density at radius 1 is 1.23 bits per heavy atom. The number of rotatable bonds is 5. The number of aromatic nitrogens is 2. The smallest absolute Gasteiger partial charge is 0.251 e. The number of nitrogens with zero attached hydrogens (tertiary/aromatic N) is 5. The normalized spacial score (nSPS) is 19.9. The molecule has 1 aromatic carbocycles. The first kappa shape index (κ1) is 20.4. The Labute approximate surface area is 177 Å². The Kier molecular flexibility index (Phi) is 6.63. The molecule has 30 heavy (non-hydrogen) atoms. The van der Waals surface area contributed by atoms with Gasteiger partial charge in [-0.3, -0.25) is 9.79 Å². The Hall–Kier alpha value is -2.87. The summed E-state index contributed by atoms with van der Waals surface area (Å²) in [7, 11) is 1.81. The largest absolute Gasteiger partial charge is 0.368 e. The van der Waals surface area contributed by atoms with Gasteiger partial charge >= 0.3 is 0 Å². The van der Waals surface area contributed by atoms with Crippen molar-refractivity contribution < 1.29 is 9.53 Å². The van der Waals surface area contributed by atoms with Gasteiger partial charge in [0, 0.05) is 65.3 Å². The number of guanidine groups is 1.